The molecule has 19 heavy (non-hydrogen) atoms. The molecule has 1 aliphatic carbocycles. The summed E-state index contributed by atoms with van der Waals surface area (Å²) >= 11 is 0. The minimum atomic E-state index is 0.395. The fourth-order valence-corrected chi connectivity index (χ4v) is 3.89. The topological polar surface area (TPSA) is 29.9 Å². The van der Waals surface area contributed by atoms with Crippen molar-refractivity contribution in [1.82, 2.24) is 9.55 Å². The Labute approximate surface area is 117 Å². The van der Waals surface area contributed by atoms with Gasteiger partial charge in [0, 0.05) is 25.0 Å². The van der Waals surface area contributed by atoms with Crippen molar-refractivity contribution in [3.05, 3.63) is 25.0 Å². The first-order chi connectivity index (χ1) is 8.83. The summed E-state index contributed by atoms with van der Waals surface area (Å²) in [4.78, 5) is 4.43. The monoisotopic (exact) mass is 261 g/mol. The predicted octanol–water partition coefficient (Wildman–Crippen LogP) is 4.26. The van der Waals surface area contributed by atoms with Crippen LogP contribution in [-0.2, 0) is 0 Å². The van der Waals surface area contributed by atoms with Gasteiger partial charge in [-0.1, -0.05) is 33.8 Å². The van der Waals surface area contributed by atoms with Crippen LogP contribution in [0.2, 0.25) is 0 Å². The van der Waals surface area contributed by atoms with Crippen molar-refractivity contribution in [2.45, 2.75) is 53.0 Å². The van der Waals surface area contributed by atoms with Gasteiger partial charge in [-0.15, -0.1) is 6.58 Å². The van der Waals surface area contributed by atoms with Gasteiger partial charge >= 0.3 is 0 Å². The number of anilines is 1. The molecule has 1 heterocycles. The van der Waals surface area contributed by atoms with Gasteiger partial charge in [0.1, 0.15) is 0 Å². The number of imidazole rings is 1. The quantitative estimate of drug-likeness (QED) is 0.821. The first kappa shape index (κ1) is 14.2. The van der Waals surface area contributed by atoms with Gasteiger partial charge in [-0.05, 0) is 30.1 Å². The summed E-state index contributed by atoms with van der Waals surface area (Å²) in [6, 6.07) is 0.536. The van der Waals surface area contributed by atoms with Crippen LogP contribution in [0.3, 0.4) is 0 Å². The number of nitrogens with zero attached hydrogens (tertiary/aromatic N) is 2. The van der Waals surface area contributed by atoms with Crippen LogP contribution in [0.15, 0.2) is 25.0 Å². The number of rotatable bonds is 4. The molecule has 2 rings (SSSR count). The molecule has 1 fully saturated rings. The molecule has 106 valence electrons. The largest absolute Gasteiger partial charge is 0.352 e. The van der Waals surface area contributed by atoms with Crippen LogP contribution in [0.5, 0.6) is 0 Å². The molecular weight excluding hydrogens is 234 g/mol. The van der Waals surface area contributed by atoms with Crippen LogP contribution in [0.25, 0.3) is 0 Å². The lowest BCUT2D eigenvalue weighted by Crippen LogP contribution is -2.35. The molecule has 0 spiro atoms. The molecule has 0 aliphatic heterocycles. The highest BCUT2D eigenvalue weighted by Gasteiger charge is 2.39. The second-order valence-electron chi connectivity index (χ2n) is 7.39. The minimum Gasteiger partial charge on any atom is -0.352 e. The second-order valence-corrected chi connectivity index (χ2v) is 7.39. The highest BCUT2D eigenvalue weighted by atomic mass is 15.2. The highest BCUT2D eigenvalue weighted by molar-refractivity contribution is 5.28. The molecular formula is C16H27N3. The fraction of sp³-hybridized carbons (Fsp3) is 0.688. The molecule has 1 aliphatic rings. The van der Waals surface area contributed by atoms with Crippen molar-refractivity contribution < 1.29 is 0 Å². The number of nitrogens with one attached hydrogen (secondary N) is 1. The van der Waals surface area contributed by atoms with Gasteiger partial charge in [0.05, 0.1) is 0 Å². The number of hydrogen-bond donors (Lipinski definition) is 1. The van der Waals surface area contributed by atoms with Crippen molar-refractivity contribution in [2.75, 3.05) is 11.9 Å². The lowest BCUT2D eigenvalue weighted by Gasteiger charge is -2.45. The number of hydrogen-bond acceptors (Lipinski definition) is 2. The van der Waals surface area contributed by atoms with Gasteiger partial charge < -0.3 is 9.88 Å². The lowest BCUT2D eigenvalue weighted by molar-refractivity contribution is 0.0731. The summed E-state index contributed by atoms with van der Waals surface area (Å²) in [5.41, 5.74) is 0.790. The molecule has 0 amide bonds. The van der Waals surface area contributed by atoms with Crippen LogP contribution in [0, 0.1) is 10.8 Å². The van der Waals surface area contributed by atoms with Crippen LogP contribution in [0.4, 0.5) is 5.95 Å². The van der Waals surface area contributed by atoms with E-state index in [1.807, 2.05) is 12.3 Å². The van der Waals surface area contributed by atoms with E-state index in [1.54, 1.807) is 0 Å². The molecule has 1 N–H and O–H groups in total. The molecule has 0 atom stereocenters. The Bertz CT molecular complexity index is 427. The van der Waals surface area contributed by atoms with Crippen molar-refractivity contribution in [3.63, 3.8) is 0 Å². The maximum Gasteiger partial charge on any atom is 0.203 e. The van der Waals surface area contributed by atoms with E-state index in [-0.39, 0.29) is 0 Å². The zero-order valence-corrected chi connectivity index (χ0v) is 12.7. The Balaban J connectivity index is 2.21. The Hall–Kier alpha value is -1.25. The van der Waals surface area contributed by atoms with Crippen LogP contribution in [0.1, 0.15) is 53.0 Å². The summed E-state index contributed by atoms with van der Waals surface area (Å²) in [5.74, 6) is 0.971. The van der Waals surface area contributed by atoms with Crippen molar-refractivity contribution in [2.24, 2.45) is 10.8 Å². The zero-order chi connectivity index (χ0) is 14.1. The average molecular weight is 261 g/mol. The minimum absolute atomic E-state index is 0.395. The lowest BCUT2D eigenvalue weighted by atomic mass is 9.63. The summed E-state index contributed by atoms with van der Waals surface area (Å²) in [5, 5.41) is 3.33. The van der Waals surface area contributed by atoms with Gasteiger partial charge in [0.15, 0.2) is 0 Å². The van der Waals surface area contributed by atoms with E-state index < -0.39 is 0 Å². The molecule has 0 radical (unpaired) electrons. The maximum absolute atomic E-state index is 4.43. The highest BCUT2D eigenvalue weighted by Crippen LogP contribution is 2.50. The summed E-state index contributed by atoms with van der Waals surface area (Å²) in [7, 11) is 0. The second kappa shape index (κ2) is 5.03. The molecule has 1 saturated carbocycles. The van der Waals surface area contributed by atoms with E-state index in [2.05, 4.69) is 55.3 Å². The van der Waals surface area contributed by atoms with E-state index in [0.29, 0.717) is 16.9 Å². The summed E-state index contributed by atoms with van der Waals surface area (Å²) in [6.07, 6.45) is 9.59. The van der Waals surface area contributed by atoms with Gasteiger partial charge in [-0.25, -0.2) is 4.98 Å². The Morgan fingerprint density at radius 2 is 2.00 bits per heavy atom. The van der Waals surface area contributed by atoms with Gasteiger partial charge in [-0.3, -0.25) is 0 Å². The standard InChI is InChI=1S/C16H27N3/c1-6-7-17-14-18-8-9-19(14)13-10-15(2,3)12-16(4,5)11-13/h6,8-9,13H,1,7,10-12H2,2-5H3,(H,17,18). The SMILES string of the molecule is C=CCNc1nccn1C1CC(C)(C)CC(C)(C)C1. The first-order valence-corrected chi connectivity index (χ1v) is 7.21. The van der Waals surface area contributed by atoms with Crippen LogP contribution >= 0.6 is 0 Å². The Morgan fingerprint density at radius 3 is 2.58 bits per heavy atom. The smallest absolute Gasteiger partial charge is 0.203 e. The normalized spacial score (nSPS) is 22.1. The first-order valence-electron chi connectivity index (χ1n) is 7.21. The zero-order valence-electron chi connectivity index (χ0n) is 12.7. The Kier molecular flexibility index (Phi) is 3.75. The maximum atomic E-state index is 4.43. The third kappa shape index (κ3) is 3.40. The Morgan fingerprint density at radius 1 is 1.37 bits per heavy atom. The van der Waals surface area contributed by atoms with Gasteiger partial charge in [0.2, 0.25) is 5.95 Å². The van der Waals surface area contributed by atoms with E-state index >= 15 is 0 Å². The molecule has 0 unspecified atom stereocenters. The van der Waals surface area contributed by atoms with E-state index in [9.17, 15) is 0 Å². The molecule has 1 aromatic rings. The number of aromatic nitrogens is 2. The third-order valence-corrected chi connectivity index (χ3v) is 4.00. The molecule has 3 nitrogen and oxygen atoms in total. The summed E-state index contributed by atoms with van der Waals surface area (Å²) in [6.45, 7) is 14.0. The molecule has 1 aromatic heterocycles. The molecule has 0 aromatic carbocycles. The summed E-state index contributed by atoms with van der Waals surface area (Å²) < 4.78 is 2.31. The van der Waals surface area contributed by atoms with Crippen LogP contribution in [-0.4, -0.2) is 16.1 Å². The van der Waals surface area contributed by atoms with Crippen molar-refractivity contribution in [1.29, 1.82) is 0 Å². The fourth-order valence-electron chi connectivity index (χ4n) is 3.89. The van der Waals surface area contributed by atoms with E-state index in [0.717, 1.165) is 12.5 Å². The van der Waals surface area contributed by atoms with Gasteiger partial charge in [0.25, 0.3) is 0 Å². The van der Waals surface area contributed by atoms with E-state index in [1.165, 1.54) is 19.3 Å². The van der Waals surface area contributed by atoms with Crippen molar-refractivity contribution >= 4 is 5.95 Å². The van der Waals surface area contributed by atoms with E-state index in [4.69, 9.17) is 0 Å². The average Bonchev–Trinajstić information content (AvgIpc) is 2.69. The molecule has 3 heteroatoms. The predicted molar refractivity (Wildman–Crippen MR) is 81.4 cm³/mol. The third-order valence-electron chi connectivity index (χ3n) is 4.00. The van der Waals surface area contributed by atoms with Gasteiger partial charge in [-0.2, -0.15) is 0 Å². The molecule has 0 saturated heterocycles. The molecule has 0 bridgehead atoms. The van der Waals surface area contributed by atoms with Crippen LogP contribution < -0.4 is 5.32 Å². The van der Waals surface area contributed by atoms with Crippen molar-refractivity contribution in [3.8, 4) is 0 Å².